The van der Waals surface area contributed by atoms with Crippen LogP contribution in [0, 0.1) is 0 Å². The maximum Gasteiger partial charge on any atom is 0.431 e. The molecule has 10 heteroatoms. The molecule has 34 heavy (non-hydrogen) atoms. The van der Waals surface area contributed by atoms with E-state index in [0.717, 1.165) is 11.1 Å². The summed E-state index contributed by atoms with van der Waals surface area (Å²) in [7, 11) is 3.13. The number of amides is 2. The van der Waals surface area contributed by atoms with Crippen LogP contribution < -0.4 is 14.8 Å². The molecule has 4 rings (SSSR count). The zero-order chi connectivity index (χ0) is 24.1. The Hall–Kier alpha value is -4.34. The second-order valence-electron chi connectivity index (χ2n) is 7.41. The lowest BCUT2D eigenvalue weighted by atomic mass is 10.0. The number of ether oxygens (including phenoxy) is 3. The lowest BCUT2D eigenvalue weighted by molar-refractivity contribution is 0.0712. The molecule has 0 fully saturated rings. The van der Waals surface area contributed by atoms with Gasteiger partial charge in [0.1, 0.15) is 11.8 Å². The van der Waals surface area contributed by atoms with Crippen LogP contribution in [0.25, 0.3) is 0 Å². The molecule has 1 N–H and O–H groups in total. The Balaban J connectivity index is 1.53. The first-order valence-electron chi connectivity index (χ1n) is 10.6. The minimum absolute atomic E-state index is 0.114. The highest BCUT2D eigenvalue weighted by Gasteiger charge is 2.31. The number of oxazole rings is 1. The van der Waals surface area contributed by atoms with Crippen LogP contribution in [0.15, 0.2) is 64.6 Å². The molecular weight excluding hydrogens is 440 g/mol. The SMILES string of the molecule is CCC1OC(=O)N(Cc2ccc(NC(=O)c3cnco3)cc2)N=C1c1ccc(OC)c(OC)c1. The highest BCUT2D eigenvalue weighted by Crippen LogP contribution is 2.30. The number of hydrogen-bond acceptors (Lipinski definition) is 8. The van der Waals surface area contributed by atoms with E-state index in [2.05, 4.69) is 15.4 Å². The summed E-state index contributed by atoms with van der Waals surface area (Å²) >= 11 is 0. The number of methoxy groups -OCH3 is 2. The Labute approximate surface area is 196 Å². The third kappa shape index (κ3) is 4.85. The summed E-state index contributed by atoms with van der Waals surface area (Å²) in [6.07, 6.45) is 2.10. The molecule has 2 amide bonds. The van der Waals surface area contributed by atoms with Gasteiger partial charge in [-0.2, -0.15) is 10.1 Å². The fourth-order valence-electron chi connectivity index (χ4n) is 3.48. The van der Waals surface area contributed by atoms with Crippen LogP contribution in [0.3, 0.4) is 0 Å². The van der Waals surface area contributed by atoms with Crippen LogP contribution in [0.4, 0.5) is 10.5 Å². The summed E-state index contributed by atoms with van der Waals surface area (Å²) in [5.74, 6) is 0.867. The third-order valence-electron chi connectivity index (χ3n) is 5.24. The fourth-order valence-corrected chi connectivity index (χ4v) is 3.48. The molecule has 0 radical (unpaired) electrons. The summed E-state index contributed by atoms with van der Waals surface area (Å²) in [5, 5.41) is 8.60. The summed E-state index contributed by atoms with van der Waals surface area (Å²) in [4.78, 5) is 28.4. The number of rotatable bonds is 8. The van der Waals surface area contributed by atoms with Crippen molar-refractivity contribution in [2.24, 2.45) is 5.10 Å². The monoisotopic (exact) mass is 464 g/mol. The number of cyclic esters (lactones) is 1. The molecule has 0 saturated heterocycles. The molecule has 0 bridgehead atoms. The summed E-state index contributed by atoms with van der Waals surface area (Å²) < 4.78 is 21.3. The first kappa shape index (κ1) is 22.8. The van der Waals surface area contributed by atoms with Gasteiger partial charge in [0.2, 0.25) is 5.76 Å². The fraction of sp³-hybridized carbons (Fsp3) is 0.250. The maximum absolute atomic E-state index is 12.6. The van der Waals surface area contributed by atoms with E-state index < -0.39 is 18.1 Å². The second-order valence-corrected chi connectivity index (χ2v) is 7.41. The molecule has 3 aromatic rings. The van der Waals surface area contributed by atoms with Crippen molar-refractivity contribution in [1.82, 2.24) is 9.99 Å². The molecule has 1 aromatic heterocycles. The van der Waals surface area contributed by atoms with E-state index in [4.69, 9.17) is 18.6 Å². The van der Waals surface area contributed by atoms with Crippen molar-refractivity contribution in [3.63, 3.8) is 0 Å². The summed E-state index contributed by atoms with van der Waals surface area (Å²) in [6.45, 7) is 2.12. The Bertz CT molecular complexity index is 1190. The average Bonchev–Trinajstić information content (AvgIpc) is 3.41. The van der Waals surface area contributed by atoms with Crippen molar-refractivity contribution < 1.29 is 28.2 Å². The zero-order valence-corrected chi connectivity index (χ0v) is 19.0. The van der Waals surface area contributed by atoms with E-state index in [-0.39, 0.29) is 12.3 Å². The average molecular weight is 464 g/mol. The van der Waals surface area contributed by atoms with Crippen molar-refractivity contribution in [2.75, 3.05) is 19.5 Å². The predicted molar refractivity (Wildman–Crippen MR) is 123 cm³/mol. The van der Waals surface area contributed by atoms with Crippen molar-refractivity contribution >= 4 is 23.4 Å². The number of benzene rings is 2. The predicted octanol–water partition coefficient (Wildman–Crippen LogP) is 4.08. The van der Waals surface area contributed by atoms with Gasteiger partial charge in [-0.25, -0.2) is 9.78 Å². The van der Waals surface area contributed by atoms with Gasteiger partial charge in [0.25, 0.3) is 5.91 Å². The van der Waals surface area contributed by atoms with Crippen molar-refractivity contribution in [2.45, 2.75) is 26.0 Å². The first-order valence-corrected chi connectivity index (χ1v) is 10.6. The van der Waals surface area contributed by atoms with Gasteiger partial charge in [0.15, 0.2) is 17.9 Å². The molecule has 1 aliphatic rings. The number of nitrogens with one attached hydrogen (secondary N) is 1. The zero-order valence-electron chi connectivity index (χ0n) is 19.0. The number of hydrazone groups is 1. The van der Waals surface area contributed by atoms with Crippen LogP contribution in [0.5, 0.6) is 11.5 Å². The highest BCUT2D eigenvalue weighted by atomic mass is 16.6. The Morgan fingerprint density at radius 2 is 1.88 bits per heavy atom. The highest BCUT2D eigenvalue weighted by molar-refractivity contribution is 6.06. The van der Waals surface area contributed by atoms with Gasteiger partial charge in [-0.3, -0.25) is 4.79 Å². The van der Waals surface area contributed by atoms with Crippen LogP contribution in [0.1, 0.15) is 35.0 Å². The Morgan fingerprint density at radius 1 is 1.12 bits per heavy atom. The number of aromatic nitrogens is 1. The second kappa shape index (κ2) is 10.1. The molecule has 176 valence electrons. The van der Waals surface area contributed by atoms with Crippen LogP contribution >= 0.6 is 0 Å². The molecule has 0 saturated carbocycles. The van der Waals surface area contributed by atoms with Crippen molar-refractivity contribution in [3.8, 4) is 11.5 Å². The van der Waals surface area contributed by atoms with E-state index in [1.54, 1.807) is 44.6 Å². The summed E-state index contributed by atoms with van der Waals surface area (Å²) in [5.41, 5.74) is 2.78. The first-order chi connectivity index (χ1) is 16.5. The number of anilines is 1. The Morgan fingerprint density at radius 3 is 2.53 bits per heavy atom. The molecule has 1 unspecified atom stereocenters. The summed E-state index contributed by atoms with van der Waals surface area (Å²) in [6, 6.07) is 12.5. The molecular formula is C24H24N4O6. The number of nitrogens with zero attached hydrogens (tertiary/aromatic N) is 3. The Kier molecular flexibility index (Phi) is 6.77. The standard InChI is InChI=1S/C24H24N4O6/c1-4-18-22(16-7-10-19(31-2)20(11-16)32-3)27-28(24(30)34-18)13-15-5-8-17(9-6-15)26-23(29)21-12-25-14-33-21/h5-12,14,18H,4,13H2,1-3H3,(H,26,29). The lowest BCUT2D eigenvalue weighted by Crippen LogP contribution is -2.41. The normalized spacial score (nSPS) is 15.4. The lowest BCUT2D eigenvalue weighted by Gasteiger charge is -2.29. The molecule has 2 heterocycles. The largest absolute Gasteiger partial charge is 0.493 e. The minimum Gasteiger partial charge on any atom is -0.493 e. The molecule has 0 aliphatic carbocycles. The van der Waals surface area contributed by atoms with E-state index in [9.17, 15) is 9.59 Å². The van der Waals surface area contributed by atoms with E-state index in [1.165, 1.54) is 17.6 Å². The van der Waals surface area contributed by atoms with Crippen LogP contribution in [0.2, 0.25) is 0 Å². The van der Waals surface area contributed by atoms with Gasteiger partial charge in [-0.1, -0.05) is 19.1 Å². The van der Waals surface area contributed by atoms with Crippen molar-refractivity contribution in [1.29, 1.82) is 0 Å². The molecule has 2 aromatic carbocycles. The molecule has 0 spiro atoms. The number of hydrogen-bond donors (Lipinski definition) is 1. The quantitative estimate of drug-likeness (QED) is 0.534. The van der Waals surface area contributed by atoms with Crippen LogP contribution in [-0.4, -0.2) is 48.0 Å². The number of carbonyl (C=O) groups is 2. The topological polar surface area (TPSA) is 115 Å². The third-order valence-corrected chi connectivity index (χ3v) is 5.24. The van der Waals surface area contributed by atoms with Gasteiger partial charge in [-0.15, -0.1) is 0 Å². The van der Waals surface area contributed by atoms with E-state index >= 15 is 0 Å². The van der Waals surface area contributed by atoms with Gasteiger partial charge >= 0.3 is 6.09 Å². The van der Waals surface area contributed by atoms with Crippen LogP contribution in [-0.2, 0) is 11.3 Å². The molecule has 10 nitrogen and oxygen atoms in total. The van der Waals surface area contributed by atoms with Gasteiger partial charge in [0, 0.05) is 11.3 Å². The van der Waals surface area contributed by atoms with Gasteiger partial charge in [0.05, 0.1) is 27.0 Å². The molecule has 1 aliphatic heterocycles. The maximum atomic E-state index is 12.6. The van der Waals surface area contributed by atoms with E-state index in [0.29, 0.717) is 29.3 Å². The number of carbonyl (C=O) groups excluding carboxylic acids is 2. The van der Waals surface area contributed by atoms with E-state index in [1.807, 2.05) is 19.1 Å². The van der Waals surface area contributed by atoms with Crippen molar-refractivity contribution in [3.05, 3.63) is 71.9 Å². The molecule has 1 atom stereocenters. The van der Waals surface area contributed by atoms with Gasteiger partial charge < -0.3 is 23.9 Å². The smallest absolute Gasteiger partial charge is 0.431 e. The van der Waals surface area contributed by atoms with Gasteiger partial charge in [-0.05, 0) is 42.3 Å². The minimum atomic E-state index is -0.529.